The van der Waals surface area contributed by atoms with E-state index in [0.717, 1.165) is 58.7 Å². The summed E-state index contributed by atoms with van der Waals surface area (Å²) in [6.07, 6.45) is 3.97. The predicted octanol–water partition coefficient (Wildman–Crippen LogP) is 7.27. The molecule has 2 heterocycles. The molecule has 0 saturated heterocycles. The summed E-state index contributed by atoms with van der Waals surface area (Å²) >= 11 is 1.42. The minimum atomic E-state index is -0.337. The maximum absolute atomic E-state index is 13.4. The van der Waals surface area contributed by atoms with Crippen LogP contribution in [0.2, 0.25) is 0 Å². The fourth-order valence-electron chi connectivity index (χ4n) is 5.51. The molecule has 0 bridgehead atoms. The number of methoxy groups -OCH3 is 1. The topological polar surface area (TPSA) is 71.6 Å². The Morgan fingerprint density at radius 2 is 1.89 bits per heavy atom. The Morgan fingerprint density at radius 3 is 2.58 bits per heavy atom. The molecule has 5 rings (SSSR count). The van der Waals surface area contributed by atoms with Gasteiger partial charge in [0.2, 0.25) is 0 Å². The number of nitrogens with zero attached hydrogens (tertiary/aromatic N) is 1. The number of pyridine rings is 1. The van der Waals surface area contributed by atoms with Crippen LogP contribution in [0.5, 0.6) is 11.5 Å². The maximum atomic E-state index is 13.4. The van der Waals surface area contributed by atoms with Gasteiger partial charge in [-0.3, -0.25) is 4.79 Å². The summed E-state index contributed by atoms with van der Waals surface area (Å²) in [6.45, 7) is 8.13. The molecule has 1 saturated carbocycles. The molecule has 1 N–H and O–H groups in total. The molecule has 2 aromatic heterocycles. The van der Waals surface area contributed by atoms with Gasteiger partial charge >= 0.3 is 6.09 Å². The van der Waals surface area contributed by atoms with Crippen LogP contribution in [0.1, 0.15) is 52.0 Å². The van der Waals surface area contributed by atoms with Gasteiger partial charge in [-0.2, -0.15) is 0 Å². The van der Waals surface area contributed by atoms with Gasteiger partial charge in [-0.05, 0) is 81.3 Å². The van der Waals surface area contributed by atoms with Gasteiger partial charge in [-0.15, -0.1) is 11.3 Å². The van der Waals surface area contributed by atoms with E-state index in [2.05, 4.69) is 25.8 Å². The standard InChI is InChI=1S/C29H32N2O4S/c1-17-15-22(34-5)23(24-21-13-14-36-26(21)27(32)30-25(17)24)18-9-8-12-20(16-18)35-28(33)31(29(2,3)4)19-10-6-7-11-19/h8-9,12-16,19H,6-7,10-11H2,1-5H3,(H,30,32). The number of ether oxygens (including phenoxy) is 2. The van der Waals surface area contributed by atoms with Crippen LogP contribution in [0.15, 0.2) is 46.6 Å². The fourth-order valence-corrected chi connectivity index (χ4v) is 6.31. The van der Waals surface area contributed by atoms with E-state index in [9.17, 15) is 9.59 Å². The number of hydrogen-bond donors (Lipinski definition) is 1. The Labute approximate surface area is 214 Å². The van der Waals surface area contributed by atoms with E-state index >= 15 is 0 Å². The van der Waals surface area contributed by atoms with Crippen molar-refractivity contribution in [1.29, 1.82) is 0 Å². The van der Waals surface area contributed by atoms with E-state index in [-0.39, 0.29) is 23.2 Å². The molecule has 6 nitrogen and oxygen atoms in total. The van der Waals surface area contributed by atoms with Crippen molar-refractivity contribution in [1.82, 2.24) is 9.88 Å². The van der Waals surface area contributed by atoms with Gasteiger partial charge < -0.3 is 19.4 Å². The largest absolute Gasteiger partial charge is 0.496 e. The van der Waals surface area contributed by atoms with Crippen LogP contribution in [0, 0.1) is 6.92 Å². The van der Waals surface area contributed by atoms with Crippen molar-refractivity contribution in [2.45, 2.75) is 65.0 Å². The van der Waals surface area contributed by atoms with Crippen molar-refractivity contribution in [2.75, 3.05) is 7.11 Å². The van der Waals surface area contributed by atoms with E-state index in [1.54, 1.807) is 7.11 Å². The van der Waals surface area contributed by atoms with Crippen molar-refractivity contribution in [3.8, 4) is 22.6 Å². The first-order valence-electron chi connectivity index (χ1n) is 12.4. The Hall–Kier alpha value is -3.32. The zero-order chi connectivity index (χ0) is 25.6. The highest BCUT2D eigenvalue weighted by Crippen LogP contribution is 2.42. The monoisotopic (exact) mass is 504 g/mol. The summed E-state index contributed by atoms with van der Waals surface area (Å²) in [5.74, 6) is 1.18. The van der Waals surface area contributed by atoms with Gasteiger partial charge in [0.05, 0.1) is 12.6 Å². The summed E-state index contributed by atoms with van der Waals surface area (Å²) < 4.78 is 12.5. The molecule has 36 heavy (non-hydrogen) atoms. The average Bonchev–Trinajstić information content (AvgIpc) is 3.52. The highest BCUT2D eigenvalue weighted by molar-refractivity contribution is 7.17. The molecule has 2 aromatic carbocycles. The Morgan fingerprint density at radius 1 is 1.14 bits per heavy atom. The molecule has 1 amide bonds. The maximum Gasteiger partial charge on any atom is 0.415 e. The molecule has 4 aromatic rings. The number of carbonyl (C=O) groups excluding carboxylic acids is 1. The first-order valence-corrected chi connectivity index (χ1v) is 13.3. The molecular formula is C29H32N2O4S. The number of hydrogen-bond acceptors (Lipinski definition) is 5. The summed E-state index contributed by atoms with van der Waals surface area (Å²) in [5, 5.41) is 3.74. The van der Waals surface area contributed by atoms with Crippen molar-refractivity contribution in [3.63, 3.8) is 0 Å². The number of amides is 1. The molecule has 1 aliphatic rings. The third-order valence-electron chi connectivity index (χ3n) is 7.02. The number of fused-ring (bicyclic) bond motifs is 3. The number of rotatable bonds is 4. The number of H-pyrrole nitrogens is 1. The van der Waals surface area contributed by atoms with E-state index in [0.29, 0.717) is 16.2 Å². The first kappa shape index (κ1) is 24.4. The van der Waals surface area contributed by atoms with Crippen molar-refractivity contribution in [2.24, 2.45) is 0 Å². The molecule has 0 atom stereocenters. The Bertz CT molecular complexity index is 1510. The lowest BCUT2D eigenvalue weighted by molar-refractivity contribution is 0.0775. The van der Waals surface area contributed by atoms with Crippen molar-refractivity contribution in [3.05, 3.63) is 57.7 Å². The molecule has 0 aliphatic heterocycles. The van der Waals surface area contributed by atoms with Crippen LogP contribution in [-0.2, 0) is 0 Å². The van der Waals surface area contributed by atoms with E-state index in [4.69, 9.17) is 9.47 Å². The van der Waals surface area contributed by atoms with E-state index in [1.807, 2.05) is 53.6 Å². The second-order valence-electron chi connectivity index (χ2n) is 10.5. The number of thiophene rings is 1. The summed E-state index contributed by atoms with van der Waals surface area (Å²) in [5.41, 5.74) is 2.99. The lowest BCUT2D eigenvalue weighted by Crippen LogP contribution is -2.52. The van der Waals surface area contributed by atoms with Crippen molar-refractivity contribution < 1.29 is 14.3 Å². The number of aryl methyl sites for hydroxylation is 1. The zero-order valence-electron chi connectivity index (χ0n) is 21.4. The second kappa shape index (κ2) is 9.28. The van der Waals surface area contributed by atoms with Gasteiger partial charge in [-0.1, -0.05) is 25.0 Å². The van der Waals surface area contributed by atoms with Crippen LogP contribution in [0.4, 0.5) is 4.79 Å². The van der Waals surface area contributed by atoms with Crippen LogP contribution in [0.25, 0.3) is 32.1 Å². The number of aromatic amines is 1. The van der Waals surface area contributed by atoms with Crippen LogP contribution in [-0.4, -0.2) is 34.7 Å². The normalized spacial score (nSPS) is 14.5. The average molecular weight is 505 g/mol. The molecule has 7 heteroatoms. The zero-order valence-corrected chi connectivity index (χ0v) is 22.3. The van der Waals surface area contributed by atoms with E-state index < -0.39 is 0 Å². The smallest absolute Gasteiger partial charge is 0.415 e. The molecule has 188 valence electrons. The SMILES string of the molecule is COc1cc(C)c2[nH]c(=O)c3sccc3c2c1-c1cccc(OC(=O)N(C2CCCC2)C(C)(C)C)c1. The number of carbonyl (C=O) groups is 1. The highest BCUT2D eigenvalue weighted by Gasteiger charge is 2.36. The van der Waals surface area contributed by atoms with Gasteiger partial charge in [0.1, 0.15) is 16.2 Å². The van der Waals surface area contributed by atoms with E-state index in [1.165, 1.54) is 11.3 Å². The van der Waals surface area contributed by atoms with Gasteiger partial charge in [0.15, 0.2) is 0 Å². The Kier molecular flexibility index (Phi) is 6.29. The molecule has 1 aliphatic carbocycles. The summed E-state index contributed by atoms with van der Waals surface area (Å²) in [7, 11) is 1.65. The lowest BCUT2D eigenvalue weighted by Gasteiger charge is -2.39. The highest BCUT2D eigenvalue weighted by atomic mass is 32.1. The second-order valence-corrected chi connectivity index (χ2v) is 11.4. The Balaban J connectivity index is 1.61. The molecule has 0 unspecified atom stereocenters. The number of benzene rings is 2. The third kappa shape index (κ3) is 4.26. The van der Waals surface area contributed by atoms with Crippen molar-refractivity contribution >= 4 is 38.4 Å². The number of nitrogens with one attached hydrogen (secondary N) is 1. The minimum absolute atomic E-state index is 0.0939. The lowest BCUT2D eigenvalue weighted by atomic mass is 9.95. The molecule has 0 spiro atoms. The fraction of sp³-hybridized carbons (Fsp3) is 0.379. The minimum Gasteiger partial charge on any atom is -0.496 e. The molecule has 0 radical (unpaired) electrons. The summed E-state index contributed by atoms with van der Waals surface area (Å²) in [4.78, 5) is 31.1. The van der Waals surface area contributed by atoms with Gasteiger partial charge in [0.25, 0.3) is 5.56 Å². The summed E-state index contributed by atoms with van der Waals surface area (Å²) in [6, 6.07) is 11.7. The third-order valence-corrected chi connectivity index (χ3v) is 7.94. The van der Waals surface area contributed by atoms with Crippen LogP contribution < -0.4 is 15.0 Å². The quantitative estimate of drug-likeness (QED) is 0.317. The van der Waals surface area contributed by atoms with Crippen LogP contribution >= 0.6 is 11.3 Å². The molecule has 1 fully saturated rings. The van der Waals surface area contributed by atoms with Gasteiger partial charge in [0, 0.05) is 27.9 Å². The first-order chi connectivity index (χ1) is 17.2. The number of aromatic nitrogens is 1. The van der Waals surface area contributed by atoms with Crippen LogP contribution in [0.3, 0.4) is 0 Å². The molecular weight excluding hydrogens is 472 g/mol. The predicted molar refractivity (Wildman–Crippen MR) is 147 cm³/mol. The van der Waals surface area contributed by atoms with Gasteiger partial charge in [-0.25, -0.2) is 4.79 Å².